The smallest absolute Gasteiger partial charge is 0.312 e. The summed E-state index contributed by atoms with van der Waals surface area (Å²) in [6.45, 7) is 2.96. The standard InChI is InChI=1S/C12H16N6O2S/c1-2-15-6-17-10-9(18-12(14)21-10)8-4-3-7(20-8)5-16-11(13)19/h3-4,6H,2,5H2,1H3,(H2,14,18)(H,15,17)(H3,13,16,19). The molecule has 0 saturated carbocycles. The minimum absolute atomic E-state index is 0.213. The molecule has 0 saturated heterocycles. The third kappa shape index (κ3) is 3.96. The van der Waals surface area contributed by atoms with Crippen LogP contribution in [0, 0.1) is 0 Å². The van der Waals surface area contributed by atoms with Crippen molar-refractivity contribution in [1.82, 2.24) is 15.6 Å². The first-order valence-electron chi connectivity index (χ1n) is 6.24. The van der Waals surface area contributed by atoms with Crippen molar-refractivity contribution in [3.8, 4) is 11.5 Å². The summed E-state index contributed by atoms with van der Waals surface area (Å²) in [6, 6.07) is 2.87. The molecule has 2 heterocycles. The van der Waals surface area contributed by atoms with Gasteiger partial charge in [0, 0.05) is 6.54 Å². The Bertz CT molecular complexity index is 648. The van der Waals surface area contributed by atoms with Gasteiger partial charge in [0.15, 0.2) is 15.9 Å². The summed E-state index contributed by atoms with van der Waals surface area (Å²) in [5, 5.41) is 6.48. The zero-order valence-electron chi connectivity index (χ0n) is 11.4. The fourth-order valence-corrected chi connectivity index (χ4v) is 2.23. The van der Waals surface area contributed by atoms with Crippen molar-refractivity contribution >= 4 is 33.8 Å². The van der Waals surface area contributed by atoms with Crippen molar-refractivity contribution in [1.29, 1.82) is 0 Å². The topological polar surface area (TPSA) is 132 Å². The van der Waals surface area contributed by atoms with Gasteiger partial charge in [-0.15, -0.1) is 0 Å². The van der Waals surface area contributed by atoms with Crippen LogP contribution in [0.15, 0.2) is 21.5 Å². The molecule has 0 spiro atoms. The van der Waals surface area contributed by atoms with E-state index in [1.165, 1.54) is 11.3 Å². The Morgan fingerprint density at radius 1 is 1.57 bits per heavy atom. The highest BCUT2D eigenvalue weighted by Gasteiger charge is 2.15. The molecule has 21 heavy (non-hydrogen) atoms. The van der Waals surface area contributed by atoms with E-state index in [9.17, 15) is 4.79 Å². The van der Waals surface area contributed by atoms with Crippen LogP contribution in [-0.4, -0.2) is 23.9 Å². The van der Waals surface area contributed by atoms with Crippen molar-refractivity contribution in [2.75, 3.05) is 12.3 Å². The molecule has 8 nitrogen and oxygen atoms in total. The van der Waals surface area contributed by atoms with Crippen molar-refractivity contribution in [3.63, 3.8) is 0 Å². The molecule has 0 aliphatic heterocycles. The number of amides is 2. The lowest BCUT2D eigenvalue weighted by atomic mass is 10.3. The molecule has 0 atom stereocenters. The molecule has 0 fully saturated rings. The second kappa shape index (κ2) is 6.75. The predicted molar refractivity (Wildman–Crippen MR) is 82.5 cm³/mol. The molecule has 0 unspecified atom stereocenters. The van der Waals surface area contributed by atoms with Gasteiger partial charge in [-0.1, -0.05) is 11.3 Å². The fourth-order valence-electron chi connectivity index (χ4n) is 1.55. The first-order chi connectivity index (χ1) is 10.1. The number of thiazole rings is 1. The van der Waals surface area contributed by atoms with Crippen LogP contribution in [0.25, 0.3) is 11.5 Å². The zero-order valence-corrected chi connectivity index (χ0v) is 12.2. The van der Waals surface area contributed by atoms with E-state index in [2.05, 4.69) is 20.6 Å². The van der Waals surface area contributed by atoms with E-state index in [0.717, 1.165) is 6.54 Å². The van der Waals surface area contributed by atoms with Gasteiger partial charge in [-0.3, -0.25) is 0 Å². The number of nitrogens with zero attached hydrogens (tertiary/aromatic N) is 2. The number of urea groups is 1. The lowest BCUT2D eigenvalue weighted by molar-refractivity contribution is 0.247. The van der Waals surface area contributed by atoms with Gasteiger partial charge >= 0.3 is 6.03 Å². The van der Waals surface area contributed by atoms with Gasteiger partial charge in [0.1, 0.15) is 11.5 Å². The van der Waals surface area contributed by atoms with Crippen molar-refractivity contribution < 1.29 is 9.21 Å². The quantitative estimate of drug-likeness (QED) is 0.473. The summed E-state index contributed by atoms with van der Waals surface area (Å²) in [5.41, 5.74) is 11.3. The molecule has 0 aromatic carbocycles. The number of aliphatic imine (C=N–C) groups is 1. The molecular weight excluding hydrogens is 292 g/mol. The number of carbonyl (C=O) groups is 1. The maximum atomic E-state index is 10.7. The second-order valence-electron chi connectivity index (χ2n) is 4.01. The van der Waals surface area contributed by atoms with Crippen molar-refractivity contribution in [2.45, 2.75) is 13.5 Å². The van der Waals surface area contributed by atoms with Crippen LogP contribution in [0.4, 0.5) is 14.9 Å². The number of primary amides is 1. The Morgan fingerprint density at radius 3 is 3.10 bits per heavy atom. The van der Waals surface area contributed by atoms with E-state index in [0.29, 0.717) is 27.3 Å². The molecule has 112 valence electrons. The predicted octanol–water partition coefficient (Wildman–Crippen LogP) is 1.42. The molecule has 2 rings (SSSR count). The number of hydrogen-bond acceptors (Lipinski definition) is 6. The monoisotopic (exact) mass is 308 g/mol. The van der Waals surface area contributed by atoms with Crippen LogP contribution in [0.1, 0.15) is 12.7 Å². The summed E-state index contributed by atoms with van der Waals surface area (Å²) in [5.74, 6) is 1.10. The van der Waals surface area contributed by atoms with E-state index in [-0.39, 0.29) is 6.54 Å². The average Bonchev–Trinajstić information content (AvgIpc) is 3.03. The van der Waals surface area contributed by atoms with E-state index in [1.807, 2.05) is 6.92 Å². The molecule has 9 heteroatoms. The Hall–Kier alpha value is -2.55. The van der Waals surface area contributed by atoms with Crippen LogP contribution < -0.4 is 22.1 Å². The van der Waals surface area contributed by atoms with Crippen molar-refractivity contribution in [3.05, 3.63) is 17.9 Å². The first-order valence-corrected chi connectivity index (χ1v) is 7.06. The first kappa shape index (κ1) is 14.9. The number of furan rings is 1. The van der Waals surface area contributed by atoms with Crippen LogP contribution in [0.2, 0.25) is 0 Å². The van der Waals surface area contributed by atoms with Gasteiger partial charge in [0.25, 0.3) is 0 Å². The zero-order chi connectivity index (χ0) is 15.2. The van der Waals surface area contributed by atoms with Gasteiger partial charge in [-0.25, -0.2) is 14.8 Å². The lowest BCUT2D eigenvalue weighted by Gasteiger charge is -1.98. The molecule has 2 aromatic rings. The summed E-state index contributed by atoms with van der Waals surface area (Å²) in [4.78, 5) is 19.2. The molecule has 2 amide bonds. The summed E-state index contributed by atoms with van der Waals surface area (Å²) >= 11 is 1.27. The Morgan fingerprint density at radius 2 is 2.38 bits per heavy atom. The van der Waals surface area contributed by atoms with Gasteiger partial charge in [0.2, 0.25) is 0 Å². The maximum Gasteiger partial charge on any atom is 0.312 e. The number of hydrogen-bond donors (Lipinski definition) is 4. The molecule has 0 radical (unpaired) electrons. The normalized spacial score (nSPS) is 10.9. The summed E-state index contributed by atoms with van der Waals surface area (Å²) in [7, 11) is 0. The highest BCUT2D eigenvalue weighted by molar-refractivity contribution is 7.19. The van der Waals surface area contributed by atoms with E-state index in [1.54, 1.807) is 18.5 Å². The van der Waals surface area contributed by atoms with Crippen molar-refractivity contribution in [2.24, 2.45) is 10.7 Å². The number of nitrogen functional groups attached to an aromatic ring is 1. The molecular formula is C12H16N6O2S. The molecule has 6 N–H and O–H groups in total. The third-order valence-corrected chi connectivity index (χ3v) is 3.23. The molecule has 0 aliphatic rings. The Kier molecular flexibility index (Phi) is 4.77. The Balaban J connectivity index is 2.19. The number of nitrogens with two attached hydrogens (primary N) is 2. The van der Waals surface area contributed by atoms with E-state index >= 15 is 0 Å². The highest BCUT2D eigenvalue weighted by atomic mass is 32.1. The summed E-state index contributed by atoms with van der Waals surface area (Å²) in [6.07, 6.45) is 1.59. The van der Waals surface area contributed by atoms with E-state index < -0.39 is 6.03 Å². The second-order valence-corrected chi connectivity index (χ2v) is 5.01. The number of aromatic nitrogens is 1. The molecule has 0 aliphatic carbocycles. The van der Waals surface area contributed by atoms with Crippen LogP contribution in [0.5, 0.6) is 0 Å². The van der Waals surface area contributed by atoms with Gasteiger partial charge < -0.3 is 26.5 Å². The maximum absolute atomic E-state index is 10.7. The molecule has 0 bridgehead atoms. The Labute approximate surface area is 125 Å². The SMILES string of the molecule is CCNC=Nc1sc(N)nc1-c1ccc(CNC(N)=O)o1. The lowest BCUT2D eigenvalue weighted by Crippen LogP contribution is -2.28. The van der Waals surface area contributed by atoms with Gasteiger partial charge in [-0.05, 0) is 19.1 Å². The average molecular weight is 308 g/mol. The van der Waals surface area contributed by atoms with Crippen LogP contribution in [0.3, 0.4) is 0 Å². The number of carbonyl (C=O) groups excluding carboxylic acids is 1. The third-order valence-electron chi connectivity index (χ3n) is 2.43. The van der Waals surface area contributed by atoms with E-state index in [4.69, 9.17) is 15.9 Å². The number of nitrogens with one attached hydrogen (secondary N) is 2. The fraction of sp³-hybridized carbons (Fsp3) is 0.250. The summed E-state index contributed by atoms with van der Waals surface area (Å²) < 4.78 is 5.60. The van der Waals surface area contributed by atoms with Gasteiger partial charge in [0.05, 0.1) is 12.9 Å². The van der Waals surface area contributed by atoms with Crippen LogP contribution in [-0.2, 0) is 6.54 Å². The molecule has 2 aromatic heterocycles. The number of anilines is 1. The number of rotatable bonds is 6. The van der Waals surface area contributed by atoms with Crippen LogP contribution >= 0.6 is 11.3 Å². The van der Waals surface area contributed by atoms with Gasteiger partial charge in [-0.2, -0.15) is 0 Å². The highest BCUT2D eigenvalue weighted by Crippen LogP contribution is 2.37. The largest absolute Gasteiger partial charge is 0.457 e. The minimum Gasteiger partial charge on any atom is -0.457 e. The minimum atomic E-state index is -0.609.